The number of rotatable bonds is 2. The second-order valence-electron chi connectivity index (χ2n) is 4.84. The summed E-state index contributed by atoms with van der Waals surface area (Å²) in [7, 11) is 0. The van der Waals surface area contributed by atoms with Crippen molar-refractivity contribution in [3.63, 3.8) is 0 Å². The number of benzene rings is 1. The lowest BCUT2D eigenvalue weighted by Gasteiger charge is -2.16. The monoisotopic (exact) mass is 273 g/mol. The highest BCUT2D eigenvalue weighted by molar-refractivity contribution is 6.01. The Morgan fingerprint density at radius 3 is 2.95 bits per heavy atom. The van der Waals surface area contributed by atoms with Crippen molar-refractivity contribution in [2.24, 2.45) is 0 Å². The molecule has 0 radical (unpaired) electrons. The van der Waals surface area contributed by atoms with Crippen LogP contribution in [0.4, 0.5) is 0 Å². The summed E-state index contributed by atoms with van der Waals surface area (Å²) in [5.41, 5.74) is 2.75. The first-order chi connectivity index (χ1) is 9.70. The molecular weight excluding hydrogens is 258 g/mol. The Bertz CT molecular complexity index is 732. The molecule has 0 fully saturated rings. The fourth-order valence-electron chi connectivity index (χ4n) is 2.71. The van der Waals surface area contributed by atoms with Crippen LogP contribution in [0.5, 0.6) is 0 Å². The van der Waals surface area contributed by atoms with Gasteiger partial charge in [0.05, 0.1) is 12.0 Å². The van der Waals surface area contributed by atoms with E-state index in [1.54, 1.807) is 13.0 Å². The highest BCUT2D eigenvalue weighted by atomic mass is 16.5. The van der Waals surface area contributed by atoms with Crippen LogP contribution in [0.25, 0.3) is 11.0 Å². The molecule has 2 aromatic rings. The van der Waals surface area contributed by atoms with E-state index >= 15 is 0 Å². The zero-order valence-electron chi connectivity index (χ0n) is 11.3. The molecular formula is C15H15NO4. The maximum atomic E-state index is 11.9. The third-order valence-electron chi connectivity index (χ3n) is 3.60. The Kier molecular flexibility index (Phi) is 3.26. The molecule has 0 N–H and O–H groups in total. The number of esters is 1. The van der Waals surface area contributed by atoms with Gasteiger partial charge in [-0.3, -0.25) is 0 Å². The van der Waals surface area contributed by atoms with Crippen molar-refractivity contribution in [3.05, 3.63) is 39.5 Å². The van der Waals surface area contributed by atoms with E-state index in [1.807, 2.05) is 6.07 Å². The van der Waals surface area contributed by atoms with Crippen LogP contribution in [0.3, 0.4) is 0 Å². The molecule has 5 nitrogen and oxygen atoms in total. The summed E-state index contributed by atoms with van der Waals surface area (Å²) in [6.45, 7) is 1.96. The molecule has 104 valence electrons. The molecule has 0 saturated carbocycles. The van der Waals surface area contributed by atoms with E-state index in [2.05, 4.69) is 4.98 Å². The highest BCUT2D eigenvalue weighted by Crippen LogP contribution is 2.29. The first-order valence-electron chi connectivity index (χ1n) is 6.83. The topological polar surface area (TPSA) is 69.4 Å². The molecule has 1 aromatic heterocycles. The van der Waals surface area contributed by atoms with Crippen molar-refractivity contribution >= 4 is 16.9 Å². The summed E-state index contributed by atoms with van der Waals surface area (Å²) in [4.78, 5) is 27.2. The zero-order valence-corrected chi connectivity index (χ0v) is 11.3. The van der Waals surface area contributed by atoms with Gasteiger partial charge in [0.1, 0.15) is 5.58 Å². The maximum Gasteiger partial charge on any atom is 0.439 e. The zero-order chi connectivity index (χ0) is 14.1. The number of nitrogens with zero attached hydrogens (tertiary/aromatic N) is 1. The average molecular weight is 273 g/mol. The van der Waals surface area contributed by atoms with Crippen molar-refractivity contribution < 1.29 is 13.9 Å². The van der Waals surface area contributed by atoms with Gasteiger partial charge in [0, 0.05) is 0 Å². The van der Waals surface area contributed by atoms with E-state index in [9.17, 15) is 9.59 Å². The van der Waals surface area contributed by atoms with E-state index in [0.29, 0.717) is 11.0 Å². The number of hydrogen-bond acceptors (Lipinski definition) is 5. The summed E-state index contributed by atoms with van der Waals surface area (Å²) in [6.07, 6.45) is 4.04. The van der Waals surface area contributed by atoms with E-state index in [4.69, 9.17) is 9.15 Å². The van der Waals surface area contributed by atoms with Gasteiger partial charge in [0.15, 0.2) is 5.69 Å². The number of carbonyl (C=O) groups is 1. The number of hydrogen-bond donors (Lipinski definition) is 0. The van der Waals surface area contributed by atoms with Crippen molar-refractivity contribution in [1.29, 1.82) is 0 Å². The smallest absolute Gasteiger partial charge is 0.439 e. The van der Waals surface area contributed by atoms with Gasteiger partial charge < -0.3 is 9.15 Å². The molecule has 0 bridgehead atoms. The summed E-state index contributed by atoms with van der Waals surface area (Å²) >= 11 is 0. The third-order valence-corrected chi connectivity index (χ3v) is 3.60. The highest BCUT2D eigenvalue weighted by Gasteiger charge is 2.21. The Morgan fingerprint density at radius 2 is 2.15 bits per heavy atom. The molecule has 0 aliphatic heterocycles. The van der Waals surface area contributed by atoms with Gasteiger partial charge in [-0.15, -0.1) is 0 Å². The number of aryl methyl sites for hydroxylation is 2. The molecule has 1 aromatic carbocycles. The molecule has 1 heterocycles. The maximum absolute atomic E-state index is 11.9. The molecule has 5 heteroatoms. The first kappa shape index (κ1) is 12.8. The van der Waals surface area contributed by atoms with Gasteiger partial charge in [-0.05, 0) is 49.8 Å². The Hall–Kier alpha value is -2.17. The lowest BCUT2D eigenvalue weighted by Crippen LogP contribution is -2.16. The Morgan fingerprint density at radius 1 is 1.35 bits per heavy atom. The van der Waals surface area contributed by atoms with Crippen LogP contribution in [0.15, 0.2) is 21.3 Å². The fraction of sp³-hybridized carbons (Fsp3) is 0.400. The van der Waals surface area contributed by atoms with Crippen molar-refractivity contribution in [3.8, 4) is 0 Å². The van der Waals surface area contributed by atoms with Crippen LogP contribution in [0.2, 0.25) is 0 Å². The van der Waals surface area contributed by atoms with Crippen LogP contribution in [0, 0.1) is 0 Å². The van der Waals surface area contributed by atoms with E-state index < -0.39 is 11.7 Å². The lowest BCUT2D eigenvalue weighted by atomic mass is 9.90. The predicted octanol–water partition coefficient (Wildman–Crippen LogP) is 2.24. The van der Waals surface area contributed by atoms with Gasteiger partial charge in [-0.1, -0.05) is 6.07 Å². The van der Waals surface area contributed by atoms with Crippen LogP contribution in [0.1, 0.15) is 41.4 Å². The van der Waals surface area contributed by atoms with Crippen molar-refractivity contribution in [1.82, 2.24) is 4.98 Å². The van der Waals surface area contributed by atoms with Crippen molar-refractivity contribution in [2.45, 2.75) is 32.6 Å². The summed E-state index contributed by atoms with van der Waals surface area (Å²) in [5.74, 6) is -1.33. The summed E-state index contributed by atoms with van der Waals surface area (Å²) in [6, 6.07) is 3.78. The number of fused-ring (bicyclic) bond motifs is 3. The molecule has 0 saturated heterocycles. The minimum atomic E-state index is -0.750. The Labute approximate surface area is 115 Å². The second kappa shape index (κ2) is 5.07. The average Bonchev–Trinajstić information content (AvgIpc) is 2.46. The molecule has 0 unspecified atom stereocenters. The van der Waals surface area contributed by atoms with Crippen LogP contribution in [-0.2, 0) is 17.6 Å². The summed E-state index contributed by atoms with van der Waals surface area (Å²) < 4.78 is 10.2. The van der Waals surface area contributed by atoms with Crippen LogP contribution < -0.4 is 5.76 Å². The van der Waals surface area contributed by atoms with Crippen molar-refractivity contribution in [2.75, 3.05) is 6.61 Å². The molecule has 0 atom stereocenters. The molecule has 0 spiro atoms. The standard InChI is InChI=1S/C15H15NO4/c1-2-19-14(17)12-11-8-7-9-5-3-4-6-10(9)13(11)20-15(18)16-12/h7-8H,2-6H2,1H3. The molecule has 20 heavy (non-hydrogen) atoms. The third kappa shape index (κ3) is 2.09. The normalized spacial score (nSPS) is 14.1. The summed E-state index contributed by atoms with van der Waals surface area (Å²) in [5, 5.41) is 0.559. The van der Waals surface area contributed by atoms with Gasteiger partial charge in [0.25, 0.3) is 0 Å². The number of carbonyl (C=O) groups excluding carboxylic acids is 1. The van der Waals surface area contributed by atoms with Gasteiger partial charge in [-0.2, -0.15) is 4.98 Å². The Balaban J connectivity index is 2.27. The van der Waals surface area contributed by atoms with Crippen LogP contribution >= 0.6 is 0 Å². The minimum Gasteiger partial charge on any atom is -0.461 e. The number of ether oxygens (including phenoxy) is 1. The SMILES string of the molecule is CCOC(=O)c1nc(=O)oc2c3c(ccc12)CCCC3. The molecule has 0 amide bonds. The second-order valence-corrected chi connectivity index (χ2v) is 4.84. The minimum absolute atomic E-state index is 0.0477. The largest absolute Gasteiger partial charge is 0.461 e. The van der Waals surface area contributed by atoms with E-state index in [1.165, 1.54) is 5.56 Å². The van der Waals surface area contributed by atoms with Gasteiger partial charge >= 0.3 is 11.7 Å². The predicted molar refractivity (Wildman–Crippen MR) is 72.9 cm³/mol. The molecule has 1 aliphatic carbocycles. The van der Waals surface area contributed by atoms with E-state index in [0.717, 1.165) is 31.2 Å². The van der Waals surface area contributed by atoms with Gasteiger partial charge in [-0.25, -0.2) is 9.59 Å². The van der Waals surface area contributed by atoms with Crippen LogP contribution in [-0.4, -0.2) is 17.6 Å². The quantitative estimate of drug-likeness (QED) is 0.785. The fourth-order valence-corrected chi connectivity index (χ4v) is 2.71. The number of aromatic nitrogens is 1. The van der Waals surface area contributed by atoms with Gasteiger partial charge in [0.2, 0.25) is 0 Å². The lowest BCUT2D eigenvalue weighted by molar-refractivity contribution is 0.0520. The van der Waals surface area contributed by atoms with E-state index in [-0.39, 0.29) is 12.3 Å². The first-order valence-corrected chi connectivity index (χ1v) is 6.83. The molecule has 1 aliphatic rings. The molecule has 3 rings (SSSR count).